The number of carbonyl (C=O) groups excluding carboxylic acids is 1. The van der Waals surface area contributed by atoms with Gasteiger partial charge >= 0.3 is 0 Å². The molecule has 2 aromatic carbocycles. The molecule has 2 aromatic rings. The molecule has 0 bridgehead atoms. The lowest BCUT2D eigenvalue weighted by atomic mass is 10.0. The number of para-hydroxylation sites is 1. The van der Waals surface area contributed by atoms with Crippen molar-refractivity contribution in [2.45, 2.75) is 19.8 Å². The van der Waals surface area contributed by atoms with E-state index in [1.807, 2.05) is 41.3 Å². The number of benzene rings is 2. The van der Waals surface area contributed by atoms with Gasteiger partial charge in [-0.1, -0.05) is 44.2 Å². The molecule has 1 heterocycles. The lowest BCUT2D eigenvalue weighted by Gasteiger charge is -2.36. The van der Waals surface area contributed by atoms with Gasteiger partial charge in [0.1, 0.15) is 5.75 Å². The molecule has 0 unspecified atom stereocenters. The van der Waals surface area contributed by atoms with Crippen LogP contribution in [0.25, 0.3) is 0 Å². The molecule has 3 rings (SSSR count). The van der Waals surface area contributed by atoms with Crippen molar-refractivity contribution < 1.29 is 9.53 Å². The minimum absolute atomic E-state index is 0.0580. The van der Waals surface area contributed by atoms with E-state index >= 15 is 0 Å². The number of hydrogen-bond donors (Lipinski definition) is 0. The van der Waals surface area contributed by atoms with Gasteiger partial charge in [0.15, 0.2) is 6.61 Å². The molecule has 0 saturated carbocycles. The number of ether oxygens (including phenoxy) is 1. The fourth-order valence-corrected chi connectivity index (χ4v) is 3.05. The lowest BCUT2D eigenvalue weighted by Crippen LogP contribution is -2.50. The number of nitrogens with zero attached hydrogens (tertiary/aromatic N) is 2. The van der Waals surface area contributed by atoms with Gasteiger partial charge in [-0.3, -0.25) is 4.79 Å². The van der Waals surface area contributed by atoms with Gasteiger partial charge in [0.25, 0.3) is 5.91 Å². The Bertz CT molecular complexity index is 692. The summed E-state index contributed by atoms with van der Waals surface area (Å²) >= 11 is 0. The van der Waals surface area contributed by atoms with Crippen LogP contribution in [0.1, 0.15) is 25.3 Å². The van der Waals surface area contributed by atoms with E-state index in [9.17, 15) is 4.79 Å². The highest BCUT2D eigenvalue weighted by atomic mass is 16.5. The molecule has 1 aliphatic rings. The standard InChI is InChI=1S/C21H26N2O2/c1-17(2)18-7-6-10-20(15-18)25-16-21(24)23-13-11-22(12-14-23)19-8-4-3-5-9-19/h3-10,15,17H,11-14,16H2,1-2H3. The molecule has 0 aliphatic carbocycles. The molecule has 0 aromatic heterocycles. The number of amides is 1. The van der Waals surface area contributed by atoms with E-state index in [0.717, 1.165) is 31.9 Å². The zero-order valence-electron chi connectivity index (χ0n) is 15.0. The summed E-state index contributed by atoms with van der Waals surface area (Å²) in [5, 5.41) is 0. The SMILES string of the molecule is CC(C)c1cccc(OCC(=O)N2CCN(c3ccccc3)CC2)c1. The number of rotatable bonds is 5. The normalized spacial score (nSPS) is 14.7. The second-order valence-electron chi connectivity index (χ2n) is 6.72. The molecule has 4 nitrogen and oxygen atoms in total. The zero-order valence-corrected chi connectivity index (χ0v) is 15.0. The summed E-state index contributed by atoms with van der Waals surface area (Å²) in [7, 11) is 0. The Kier molecular flexibility index (Phi) is 5.59. The molecule has 0 N–H and O–H groups in total. The van der Waals surface area contributed by atoms with Crippen molar-refractivity contribution in [2.24, 2.45) is 0 Å². The highest BCUT2D eigenvalue weighted by molar-refractivity contribution is 5.78. The molecule has 1 fully saturated rings. The van der Waals surface area contributed by atoms with E-state index in [4.69, 9.17) is 4.74 Å². The molecule has 132 valence electrons. The highest BCUT2D eigenvalue weighted by Gasteiger charge is 2.21. The van der Waals surface area contributed by atoms with Gasteiger partial charge in [-0.15, -0.1) is 0 Å². The third-order valence-corrected chi connectivity index (χ3v) is 4.64. The molecular formula is C21H26N2O2. The molecule has 0 spiro atoms. The van der Waals surface area contributed by atoms with Crippen molar-refractivity contribution in [3.63, 3.8) is 0 Å². The van der Waals surface area contributed by atoms with Gasteiger partial charge in [-0.25, -0.2) is 0 Å². The topological polar surface area (TPSA) is 32.8 Å². The maximum Gasteiger partial charge on any atom is 0.260 e. The van der Waals surface area contributed by atoms with Gasteiger partial charge < -0.3 is 14.5 Å². The molecule has 0 radical (unpaired) electrons. The van der Waals surface area contributed by atoms with Crippen LogP contribution in [0, 0.1) is 0 Å². The summed E-state index contributed by atoms with van der Waals surface area (Å²) in [6.45, 7) is 7.60. The van der Waals surface area contributed by atoms with Crippen LogP contribution in [-0.2, 0) is 4.79 Å². The number of hydrogen-bond acceptors (Lipinski definition) is 3. The Morgan fingerprint density at radius 2 is 1.72 bits per heavy atom. The fourth-order valence-electron chi connectivity index (χ4n) is 3.05. The van der Waals surface area contributed by atoms with Crippen LogP contribution in [0.3, 0.4) is 0 Å². The molecule has 4 heteroatoms. The quantitative estimate of drug-likeness (QED) is 0.836. The van der Waals surface area contributed by atoms with Gasteiger partial charge in [-0.2, -0.15) is 0 Å². The van der Waals surface area contributed by atoms with E-state index in [-0.39, 0.29) is 12.5 Å². The maximum absolute atomic E-state index is 12.4. The van der Waals surface area contributed by atoms with Crippen LogP contribution in [-0.4, -0.2) is 43.6 Å². The Labute approximate surface area is 150 Å². The number of carbonyl (C=O) groups is 1. The third-order valence-electron chi connectivity index (χ3n) is 4.64. The van der Waals surface area contributed by atoms with Crippen LogP contribution < -0.4 is 9.64 Å². The van der Waals surface area contributed by atoms with Crippen LogP contribution in [0.5, 0.6) is 5.75 Å². The average Bonchev–Trinajstić information content (AvgIpc) is 2.67. The first-order valence-electron chi connectivity index (χ1n) is 8.94. The third kappa shape index (κ3) is 4.53. The predicted molar refractivity (Wildman–Crippen MR) is 101 cm³/mol. The summed E-state index contributed by atoms with van der Waals surface area (Å²) < 4.78 is 5.72. The number of piperazine rings is 1. The minimum atomic E-state index is 0.0580. The second kappa shape index (κ2) is 8.06. The van der Waals surface area contributed by atoms with Crippen LogP contribution >= 0.6 is 0 Å². The van der Waals surface area contributed by atoms with Gasteiger partial charge in [0, 0.05) is 31.9 Å². The van der Waals surface area contributed by atoms with E-state index in [2.05, 4.69) is 36.9 Å². The fraction of sp³-hybridized carbons (Fsp3) is 0.381. The van der Waals surface area contributed by atoms with Crippen molar-refractivity contribution in [3.8, 4) is 5.75 Å². The summed E-state index contributed by atoms with van der Waals surface area (Å²) in [6, 6.07) is 18.3. The Morgan fingerprint density at radius 1 is 1.00 bits per heavy atom. The van der Waals surface area contributed by atoms with Crippen molar-refractivity contribution in [3.05, 3.63) is 60.2 Å². The second-order valence-corrected chi connectivity index (χ2v) is 6.72. The highest BCUT2D eigenvalue weighted by Crippen LogP contribution is 2.20. The lowest BCUT2D eigenvalue weighted by molar-refractivity contribution is -0.133. The average molecular weight is 338 g/mol. The summed E-state index contributed by atoms with van der Waals surface area (Å²) in [6.07, 6.45) is 0. The van der Waals surface area contributed by atoms with Gasteiger partial charge in [0.2, 0.25) is 0 Å². The maximum atomic E-state index is 12.4. The van der Waals surface area contributed by atoms with Crippen molar-refractivity contribution in [2.75, 3.05) is 37.7 Å². The minimum Gasteiger partial charge on any atom is -0.484 e. The first kappa shape index (κ1) is 17.3. The van der Waals surface area contributed by atoms with E-state index in [1.165, 1.54) is 11.3 Å². The van der Waals surface area contributed by atoms with E-state index in [0.29, 0.717) is 5.92 Å². The smallest absolute Gasteiger partial charge is 0.260 e. The largest absolute Gasteiger partial charge is 0.484 e. The predicted octanol–water partition coefficient (Wildman–Crippen LogP) is 3.54. The van der Waals surface area contributed by atoms with Crippen LogP contribution in [0.2, 0.25) is 0 Å². The summed E-state index contributed by atoms with van der Waals surface area (Å²) in [5.74, 6) is 1.27. The van der Waals surface area contributed by atoms with Crippen molar-refractivity contribution in [1.82, 2.24) is 4.90 Å². The van der Waals surface area contributed by atoms with E-state index in [1.54, 1.807) is 0 Å². The molecule has 1 amide bonds. The van der Waals surface area contributed by atoms with Crippen molar-refractivity contribution in [1.29, 1.82) is 0 Å². The van der Waals surface area contributed by atoms with Crippen LogP contribution in [0.4, 0.5) is 5.69 Å². The Hall–Kier alpha value is -2.49. The molecule has 0 atom stereocenters. The molecule has 1 saturated heterocycles. The Balaban J connectivity index is 1.49. The van der Waals surface area contributed by atoms with E-state index < -0.39 is 0 Å². The first-order chi connectivity index (χ1) is 12.1. The van der Waals surface area contributed by atoms with Crippen LogP contribution in [0.15, 0.2) is 54.6 Å². The molecule has 25 heavy (non-hydrogen) atoms. The zero-order chi connectivity index (χ0) is 17.6. The monoisotopic (exact) mass is 338 g/mol. The van der Waals surface area contributed by atoms with Crippen molar-refractivity contribution >= 4 is 11.6 Å². The van der Waals surface area contributed by atoms with Gasteiger partial charge in [-0.05, 0) is 35.7 Å². The van der Waals surface area contributed by atoms with Gasteiger partial charge in [0.05, 0.1) is 0 Å². The summed E-state index contributed by atoms with van der Waals surface area (Å²) in [5.41, 5.74) is 2.44. The Morgan fingerprint density at radius 3 is 2.40 bits per heavy atom. The number of anilines is 1. The molecule has 1 aliphatic heterocycles. The summed E-state index contributed by atoms with van der Waals surface area (Å²) in [4.78, 5) is 16.6. The first-order valence-corrected chi connectivity index (χ1v) is 8.94. The molecular weight excluding hydrogens is 312 g/mol.